The second-order valence-electron chi connectivity index (χ2n) is 16.9. The van der Waals surface area contributed by atoms with Gasteiger partial charge < -0.3 is 24.7 Å². The summed E-state index contributed by atoms with van der Waals surface area (Å²) in [5, 5.41) is 5.06. The van der Waals surface area contributed by atoms with Crippen molar-refractivity contribution < 1.29 is 22.7 Å². The summed E-state index contributed by atoms with van der Waals surface area (Å²) < 4.78 is 41.5. The fourth-order valence-electron chi connectivity index (χ4n) is 8.42. The van der Waals surface area contributed by atoms with Crippen LogP contribution in [0.25, 0.3) is 16.6 Å². The minimum absolute atomic E-state index is 0.00650. The normalized spacial score (nSPS) is 17.9. The second-order valence-corrected chi connectivity index (χ2v) is 19.0. The van der Waals surface area contributed by atoms with E-state index in [4.69, 9.17) is 21.1 Å². The zero-order chi connectivity index (χ0) is 41.1. The van der Waals surface area contributed by atoms with E-state index in [1.54, 1.807) is 30.6 Å². The quantitative estimate of drug-likeness (QED) is 0.113. The van der Waals surface area contributed by atoms with Crippen LogP contribution in [0.5, 0.6) is 11.5 Å². The zero-order valence-corrected chi connectivity index (χ0v) is 35.6. The Morgan fingerprint density at radius 2 is 1.78 bits per heavy atom. The van der Waals surface area contributed by atoms with Crippen molar-refractivity contribution in [2.45, 2.75) is 57.8 Å². The van der Waals surface area contributed by atoms with Crippen LogP contribution in [-0.4, -0.2) is 81.7 Å². The van der Waals surface area contributed by atoms with E-state index in [1.807, 2.05) is 43.3 Å². The molecule has 11 nitrogen and oxygen atoms in total. The van der Waals surface area contributed by atoms with Gasteiger partial charge in [-0.15, -0.1) is 0 Å². The lowest BCUT2D eigenvalue weighted by atomic mass is 9.72. The maximum absolute atomic E-state index is 13.9. The Bertz CT molecular complexity index is 2450. The summed E-state index contributed by atoms with van der Waals surface area (Å²) in [6.07, 6.45) is 8.66. The zero-order valence-electron chi connectivity index (χ0n) is 34.0. The topological polar surface area (TPSA) is 129 Å². The number of piperazine rings is 1. The average molecular weight is 837 g/mol. The van der Waals surface area contributed by atoms with Crippen LogP contribution in [0.1, 0.15) is 67.4 Å². The summed E-state index contributed by atoms with van der Waals surface area (Å²) in [4.78, 5) is 26.3. The first-order valence-electron chi connectivity index (χ1n) is 20.6. The number of allylic oxidation sites excluding steroid dienone is 1. The highest BCUT2D eigenvalue weighted by Crippen LogP contribution is 2.43. The predicted octanol–water partition coefficient (Wildman–Crippen LogP) is 9.06. The third-order valence-corrected chi connectivity index (χ3v) is 13.6. The molecule has 0 atom stereocenters. The van der Waals surface area contributed by atoms with Crippen LogP contribution < -0.4 is 19.7 Å². The van der Waals surface area contributed by atoms with Crippen LogP contribution in [0, 0.1) is 18.3 Å². The summed E-state index contributed by atoms with van der Waals surface area (Å²) in [5.74, 6) is 0.384. The molecule has 0 saturated carbocycles. The number of halogens is 1. The molecule has 0 spiro atoms. The predicted molar refractivity (Wildman–Crippen MR) is 235 cm³/mol. The molecule has 3 aliphatic rings. The molecule has 1 amide bonds. The first-order valence-corrected chi connectivity index (χ1v) is 22.4. The highest BCUT2D eigenvalue weighted by molar-refractivity contribution is 7.90. The number of benzene rings is 3. The Morgan fingerprint density at radius 3 is 2.54 bits per heavy atom. The number of hydrogen-bond donors (Lipinski definition) is 3. The Labute approximate surface area is 352 Å². The van der Waals surface area contributed by atoms with Gasteiger partial charge in [0.15, 0.2) is 0 Å². The molecular weight excluding hydrogens is 784 g/mol. The van der Waals surface area contributed by atoms with Crippen molar-refractivity contribution in [1.82, 2.24) is 19.6 Å². The number of aromatic amines is 1. The Balaban J connectivity index is 0.986. The van der Waals surface area contributed by atoms with Crippen LogP contribution in [0.3, 0.4) is 0 Å². The van der Waals surface area contributed by atoms with E-state index in [-0.39, 0.29) is 21.6 Å². The molecule has 13 heteroatoms. The van der Waals surface area contributed by atoms with Crippen molar-refractivity contribution >= 4 is 55.5 Å². The number of pyridine rings is 1. The van der Waals surface area contributed by atoms with Crippen molar-refractivity contribution in [2.24, 2.45) is 11.3 Å². The number of carbonyl (C=O) groups is 1. The first-order chi connectivity index (χ1) is 28.4. The number of aryl methyl sites for hydroxylation is 1. The summed E-state index contributed by atoms with van der Waals surface area (Å²) in [7, 11) is -4.21. The number of amides is 1. The average Bonchev–Trinajstić information content (AvgIpc) is 3.70. The van der Waals surface area contributed by atoms with Crippen LogP contribution in [0.15, 0.2) is 95.7 Å². The van der Waals surface area contributed by atoms with Gasteiger partial charge in [0.1, 0.15) is 17.1 Å². The third kappa shape index (κ3) is 9.78. The molecule has 2 saturated heterocycles. The Kier molecular flexibility index (Phi) is 12.0. The first kappa shape index (κ1) is 40.9. The summed E-state index contributed by atoms with van der Waals surface area (Å²) in [5.41, 5.74) is 7.77. The number of anilines is 2. The van der Waals surface area contributed by atoms with E-state index in [9.17, 15) is 13.2 Å². The highest BCUT2D eigenvalue weighted by atomic mass is 35.5. The summed E-state index contributed by atoms with van der Waals surface area (Å²) >= 11 is 6.25. The van der Waals surface area contributed by atoms with E-state index in [0.29, 0.717) is 17.3 Å². The SMILES string of the molecule is Cc1cc(S(=O)(=O)NC(=O)c2ccc(N3CCN(CC4=C(c5ccc(Cl)cc5)CC(C)(C)CC4)CC3)cc2Oc2cnc3[nH]ccc3c2)ccc1NCC1CCOCC1. The molecule has 2 fully saturated rings. The summed E-state index contributed by atoms with van der Waals surface area (Å²) in [6, 6.07) is 22.2. The van der Waals surface area contributed by atoms with Gasteiger partial charge in [-0.1, -0.05) is 43.2 Å². The number of fused-ring (bicyclic) bond motifs is 1. The molecule has 3 N–H and O–H groups in total. The van der Waals surface area contributed by atoms with Gasteiger partial charge in [-0.2, -0.15) is 0 Å². The number of H-pyrrole nitrogens is 1. The molecule has 0 radical (unpaired) electrons. The number of rotatable bonds is 12. The lowest BCUT2D eigenvalue weighted by molar-refractivity contribution is 0.0699. The molecule has 310 valence electrons. The highest BCUT2D eigenvalue weighted by Gasteiger charge is 2.30. The molecule has 0 bridgehead atoms. The fourth-order valence-corrected chi connectivity index (χ4v) is 9.60. The van der Waals surface area contributed by atoms with Crippen molar-refractivity contribution in [3.8, 4) is 11.5 Å². The Morgan fingerprint density at radius 1 is 1.00 bits per heavy atom. The van der Waals surface area contributed by atoms with E-state index < -0.39 is 15.9 Å². The van der Waals surface area contributed by atoms with Gasteiger partial charge in [-0.25, -0.2) is 18.1 Å². The molecule has 3 aromatic carbocycles. The Hall–Kier alpha value is -4.88. The molecule has 1 aliphatic carbocycles. The molecule has 4 heterocycles. The number of aromatic nitrogens is 2. The van der Waals surface area contributed by atoms with Gasteiger partial charge in [0.25, 0.3) is 15.9 Å². The number of nitrogens with one attached hydrogen (secondary N) is 3. The molecule has 59 heavy (non-hydrogen) atoms. The minimum Gasteiger partial charge on any atom is -0.455 e. The number of sulfonamides is 1. The monoisotopic (exact) mass is 836 g/mol. The fraction of sp³-hybridized carbons (Fsp3) is 0.391. The van der Waals surface area contributed by atoms with Crippen LogP contribution in [0.4, 0.5) is 11.4 Å². The molecule has 2 aromatic heterocycles. The lowest BCUT2D eigenvalue weighted by Gasteiger charge is -2.39. The van der Waals surface area contributed by atoms with Gasteiger partial charge in [0, 0.05) is 86.5 Å². The van der Waals surface area contributed by atoms with E-state index in [0.717, 1.165) is 112 Å². The lowest BCUT2D eigenvalue weighted by Crippen LogP contribution is -2.47. The number of nitrogens with zero attached hydrogens (tertiary/aromatic N) is 3. The van der Waals surface area contributed by atoms with Crippen molar-refractivity contribution in [3.63, 3.8) is 0 Å². The van der Waals surface area contributed by atoms with E-state index >= 15 is 0 Å². The van der Waals surface area contributed by atoms with Gasteiger partial charge in [-0.3, -0.25) is 9.69 Å². The van der Waals surface area contributed by atoms with Gasteiger partial charge in [0.05, 0.1) is 16.7 Å². The maximum Gasteiger partial charge on any atom is 0.268 e. The number of carbonyl (C=O) groups excluding carboxylic acids is 1. The van der Waals surface area contributed by atoms with Crippen molar-refractivity contribution in [2.75, 3.05) is 62.7 Å². The van der Waals surface area contributed by atoms with E-state index in [1.165, 1.54) is 22.8 Å². The molecule has 8 rings (SSSR count). The third-order valence-electron chi connectivity index (χ3n) is 12.0. The minimum atomic E-state index is -4.21. The number of ether oxygens (including phenoxy) is 2. The molecular formula is C46H53ClN6O5S. The van der Waals surface area contributed by atoms with Crippen molar-refractivity contribution in [1.29, 1.82) is 0 Å². The standard InChI is InChI=1S/C46H53ClN6O5S/c1-31-24-39(9-11-42(31)49-28-32-14-22-57-23-15-32)59(55,56)51-45(54)40-10-8-37(26-43(40)58-38-25-34-13-17-48-44(34)50-29-38)53-20-18-52(19-21-53)30-35-12-16-46(2,3)27-41(35)33-4-6-36(47)7-5-33/h4-11,13,17,24-26,29,32,49H,12,14-16,18-23,27-28,30H2,1-3H3,(H,48,50)(H,51,54). The largest absolute Gasteiger partial charge is 0.455 e. The number of hydrogen-bond acceptors (Lipinski definition) is 9. The smallest absolute Gasteiger partial charge is 0.268 e. The maximum atomic E-state index is 13.9. The van der Waals surface area contributed by atoms with Gasteiger partial charge >= 0.3 is 0 Å². The second kappa shape index (κ2) is 17.4. The van der Waals surface area contributed by atoms with Crippen molar-refractivity contribution in [3.05, 3.63) is 112 Å². The van der Waals surface area contributed by atoms with E-state index in [2.05, 4.69) is 55.8 Å². The van der Waals surface area contributed by atoms with Gasteiger partial charge in [-0.05, 0) is 122 Å². The van der Waals surface area contributed by atoms with Gasteiger partial charge in [0.2, 0.25) is 0 Å². The molecule has 0 unspecified atom stereocenters. The molecule has 5 aromatic rings. The summed E-state index contributed by atoms with van der Waals surface area (Å²) in [6.45, 7) is 13.1. The van der Waals surface area contributed by atoms with Crippen LogP contribution in [-0.2, 0) is 14.8 Å². The van der Waals surface area contributed by atoms with Crippen LogP contribution >= 0.6 is 11.6 Å². The molecule has 2 aliphatic heterocycles. The van der Waals surface area contributed by atoms with Crippen LogP contribution in [0.2, 0.25) is 5.02 Å².